The zero-order valence-corrected chi connectivity index (χ0v) is 15.4. The van der Waals surface area contributed by atoms with Crippen molar-refractivity contribution in [2.24, 2.45) is 0 Å². The number of anilines is 3. The van der Waals surface area contributed by atoms with E-state index in [0.717, 1.165) is 32.0 Å². The predicted octanol–water partition coefficient (Wildman–Crippen LogP) is 2.64. The highest BCUT2D eigenvalue weighted by Gasteiger charge is 2.16. The van der Waals surface area contributed by atoms with Crippen LogP contribution in [-0.4, -0.2) is 62.3 Å². The van der Waals surface area contributed by atoms with E-state index in [9.17, 15) is 0 Å². The van der Waals surface area contributed by atoms with Gasteiger partial charge in [-0.3, -0.25) is 0 Å². The molecular weight excluding hydrogens is 342 g/mol. The summed E-state index contributed by atoms with van der Waals surface area (Å²) in [6, 6.07) is 5.40. The van der Waals surface area contributed by atoms with Gasteiger partial charge in [-0.15, -0.1) is 0 Å². The number of aromatic nitrogens is 2. The average Bonchev–Trinajstić information content (AvgIpc) is 2.63. The van der Waals surface area contributed by atoms with E-state index >= 15 is 0 Å². The monoisotopic (exact) mass is 363 g/mol. The zero-order chi connectivity index (χ0) is 17.8. The van der Waals surface area contributed by atoms with Crippen LogP contribution in [0.2, 0.25) is 5.02 Å². The number of nitrogens with zero attached hydrogens (tertiary/aromatic N) is 4. The fourth-order valence-corrected chi connectivity index (χ4v) is 2.93. The van der Waals surface area contributed by atoms with Crippen molar-refractivity contribution in [1.82, 2.24) is 14.9 Å². The second-order valence-corrected chi connectivity index (χ2v) is 6.25. The largest absolute Gasteiger partial charge is 0.495 e. The van der Waals surface area contributed by atoms with E-state index in [-0.39, 0.29) is 0 Å². The van der Waals surface area contributed by atoms with Gasteiger partial charge in [-0.2, -0.15) is 4.98 Å². The maximum Gasteiger partial charge on any atom is 0.229 e. The molecule has 0 amide bonds. The number of piperazine rings is 1. The van der Waals surface area contributed by atoms with E-state index in [2.05, 4.69) is 32.1 Å². The van der Waals surface area contributed by atoms with Gasteiger partial charge in [0.25, 0.3) is 0 Å². The van der Waals surface area contributed by atoms with Crippen LogP contribution >= 0.6 is 11.6 Å². The molecule has 0 aliphatic carbocycles. The molecule has 134 valence electrons. The Labute approximate surface area is 152 Å². The fraction of sp³-hybridized carbons (Fsp3) is 0.412. The van der Waals surface area contributed by atoms with Crippen molar-refractivity contribution in [3.8, 4) is 11.5 Å². The highest BCUT2D eigenvalue weighted by atomic mass is 35.5. The Morgan fingerprint density at radius 1 is 1.08 bits per heavy atom. The Balaban J connectivity index is 1.83. The molecule has 1 aliphatic rings. The van der Waals surface area contributed by atoms with Crippen LogP contribution in [0.25, 0.3) is 0 Å². The van der Waals surface area contributed by atoms with Gasteiger partial charge in [-0.1, -0.05) is 11.6 Å². The second-order valence-electron chi connectivity index (χ2n) is 5.84. The molecule has 0 spiro atoms. The van der Waals surface area contributed by atoms with Crippen molar-refractivity contribution >= 4 is 29.1 Å². The van der Waals surface area contributed by atoms with Crippen LogP contribution < -0.4 is 19.7 Å². The molecule has 0 bridgehead atoms. The molecule has 2 heterocycles. The van der Waals surface area contributed by atoms with E-state index < -0.39 is 0 Å². The lowest BCUT2D eigenvalue weighted by Gasteiger charge is -2.33. The maximum absolute atomic E-state index is 6.15. The molecule has 1 fully saturated rings. The number of halogens is 1. The molecular formula is C17H22ClN5O2. The molecule has 1 N–H and O–H groups in total. The van der Waals surface area contributed by atoms with Crippen LogP contribution in [0.5, 0.6) is 11.5 Å². The van der Waals surface area contributed by atoms with E-state index in [0.29, 0.717) is 28.2 Å². The van der Waals surface area contributed by atoms with E-state index in [1.807, 2.05) is 6.07 Å². The summed E-state index contributed by atoms with van der Waals surface area (Å²) in [6.07, 6.45) is 1.75. The third-order valence-corrected chi connectivity index (χ3v) is 4.48. The van der Waals surface area contributed by atoms with Crippen molar-refractivity contribution in [2.75, 3.05) is 57.7 Å². The molecule has 0 saturated carbocycles. The summed E-state index contributed by atoms with van der Waals surface area (Å²) in [6.45, 7) is 3.94. The summed E-state index contributed by atoms with van der Waals surface area (Å²) < 4.78 is 10.7. The number of nitrogens with one attached hydrogen (secondary N) is 1. The third-order valence-electron chi connectivity index (χ3n) is 4.19. The minimum absolute atomic E-state index is 0.483. The van der Waals surface area contributed by atoms with Crippen LogP contribution in [0.4, 0.5) is 17.5 Å². The Morgan fingerprint density at radius 3 is 2.48 bits per heavy atom. The Morgan fingerprint density at radius 2 is 1.80 bits per heavy atom. The number of hydrogen-bond acceptors (Lipinski definition) is 7. The summed E-state index contributed by atoms with van der Waals surface area (Å²) in [5, 5.41) is 3.67. The lowest BCUT2D eigenvalue weighted by Crippen LogP contribution is -2.44. The third kappa shape index (κ3) is 4.05. The average molecular weight is 364 g/mol. The summed E-state index contributed by atoms with van der Waals surface area (Å²) in [5.74, 6) is 2.56. The molecule has 8 heteroatoms. The molecule has 3 rings (SSSR count). The predicted molar refractivity (Wildman–Crippen MR) is 99.6 cm³/mol. The number of hydrogen-bond donors (Lipinski definition) is 1. The first kappa shape index (κ1) is 17.6. The van der Waals surface area contributed by atoms with Gasteiger partial charge in [0.05, 0.1) is 24.9 Å². The van der Waals surface area contributed by atoms with Gasteiger partial charge >= 0.3 is 0 Å². The standard InChI is InChI=1S/C17H22ClN5O2/c1-22-6-8-23(9-7-22)16-4-5-19-17(21-16)20-13-11-14(24-2)12(18)10-15(13)25-3/h4-5,10-11H,6-9H2,1-3H3,(H,19,20,21). The number of rotatable bonds is 5. The van der Waals surface area contributed by atoms with Crippen molar-refractivity contribution in [3.63, 3.8) is 0 Å². The lowest BCUT2D eigenvalue weighted by atomic mass is 10.2. The Bertz CT molecular complexity index is 735. The van der Waals surface area contributed by atoms with E-state index in [4.69, 9.17) is 21.1 Å². The smallest absolute Gasteiger partial charge is 0.229 e. The van der Waals surface area contributed by atoms with Gasteiger partial charge in [0.15, 0.2) is 0 Å². The normalized spacial score (nSPS) is 15.1. The van der Waals surface area contributed by atoms with Crippen LogP contribution in [-0.2, 0) is 0 Å². The van der Waals surface area contributed by atoms with E-state index in [1.54, 1.807) is 32.5 Å². The van der Waals surface area contributed by atoms with Crippen LogP contribution in [0.15, 0.2) is 24.4 Å². The van der Waals surface area contributed by atoms with Gasteiger partial charge in [-0.25, -0.2) is 4.98 Å². The minimum Gasteiger partial charge on any atom is -0.495 e. The first-order chi connectivity index (χ1) is 12.1. The molecule has 0 radical (unpaired) electrons. The van der Waals surface area contributed by atoms with Crippen LogP contribution in [0.1, 0.15) is 0 Å². The molecule has 1 aromatic carbocycles. The Hall–Kier alpha value is -2.25. The SMILES string of the molecule is COc1cc(Nc2nccc(N3CCN(C)CC3)n2)c(OC)cc1Cl. The van der Waals surface area contributed by atoms with Crippen molar-refractivity contribution in [2.45, 2.75) is 0 Å². The minimum atomic E-state index is 0.483. The summed E-state index contributed by atoms with van der Waals surface area (Å²) >= 11 is 6.15. The Kier molecular flexibility index (Phi) is 5.45. The van der Waals surface area contributed by atoms with E-state index in [1.165, 1.54) is 0 Å². The van der Waals surface area contributed by atoms with Crippen LogP contribution in [0.3, 0.4) is 0 Å². The number of methoxy groups -OCH3 is 2. The highest BCUT2D eigenvalue weighted by molar-refractivity contribution is 6.32. The molecule has 7 nitrogen and oxygen atoms in total. The summed E-state index contributed by atoms with van der Waals surface area (Å²) in [7, 11) is 5.29. The fourth-order valence-electron chi connectivity index (χ4n) is 2.70. The van der Waals surface area contributed by atoms with Gasteiger partial charge in [0.2, 0.25) is 5.95 Å². The van der Waals surface area contributed by atoms with Gasteiger partial charge in [-0.05, 0) is 13.1 Å². The number of ether oxygens (including phenoxy) is 2. The van der Waals surface area contributed by atoms with Crippen molar-refractivity contribution in [3.05, 3.63) is 29.4 Å². The van der Waals surface area contributed by atoms with Gasteiger partial charge in [0.1, 0.15) is 17.3 Å². The topological polar surface area (TPSA) is 62.8 Å². The lowest BCUT2D eigenvalue weighted by molar-refractivity contribution is 0.312. The van der Waals surface area contributed by atoms with Gasteiger partial charge < -0.3 is 24.6 Å². The number of benzene rings is 1. The van der Waals surface area contributed by atoms with Crippen molar-refractivity contribution < 1.29 is 9.47 Å². The van der Waals surface area contributed by atoms with Crippen LogP contribution in [0, 0.1) is 0 Å². The molecule has 1 saturated heterocycles. The molecule has 0 unspecified atom stereocenters. The molecule has 1 aromatic heterocycles. The first-order valence-electron chi connectivity index (χ1n) is 8.06. The first-order valence-corrected chi connectivity index (χ1v) is 8.43. The quantitative estimate of drug-likeness (QED) is 0.876. The maximum atomic E-state index is 6.15. The second kappa shape index (κ2) is 7.76. The molecule has 25 heavy (non-hydrogen) atoms. The van der Waals surface area contributed by atoms with Gasteiger partial charge in [0, 0.05) is 44.5 Å². The highest BCUT2D eigenvalue weighted by Crippen LogP contribution is 2.36. The zero-order valence-electron chi connectivity index (χ0n) is 14.6. The molecule has 0 atom stereocenters. The number of likely N-dealkylation sites (N-methyl/N-ethyl adjacent to an activating group) is 1. The summed E-state index contributed by atoms with van der Waals surface area (Å²) in [4.78, 5) is 13.5. The van der Waals surface area contributed by atoms with Crippen molar-refractivity contribution in [1.29, 1.82) is 0 Å². The molecule has 2 aromatic rings. The molecule has 1 aliphatic heterocycles. The summed E-state index contributed by atoms with van der Waals surface area (Å²) in [5.41, 5.74) is 0.694.